The summed E-state index contributed by atoms with van der Waals surface area (Å²) in [6, 6.07) is 2.09. The molecule has 0 aromatic carbocycles. The third-order valence-corrected chi connectivity index (χ3v) is 3.02. The predicted molar refractivity (Wildman–Crippen MR) is 59.6 cm³/mol. The van der Waals surface area contributed by atoms with Gasteiger partial charge in [-0.15, -0.1) is 0 Å². The van der Waals surface area contributed by atoms with Crippen LogP contribution in [0, 0.1) is 12.8 Å². The molecule has 0 saturated heterocycles. The summed E-state index contributed by atoms with van der Waals surface area (Å²) < 4.78 is 0. The van der Waals surface area contributed by atoms with Gasteiger partial charge < -0.3 is 0 Å². The lowest BCUT2D eigenvalue weighted by atomic mass is 10.1. The minimum Gasteiger partial charge on any atom is -0.275 e. The normalized spacial score (nSPS) is 22.9. The zero-order valence-electron chi connectivity index (χ0n) is 9.80. The number of pyridine rings is 1. The summed E-state index contributed by atoms with van der Waals surface area (Å²) >= 11 is 0. The molecule has 16 heavy (non-hydrogen) atoms. The topological polar surface area (TPSA) is 42.4 Å². The molecule has 2 atom stereocenters. The maximum Gasteiger partial charge on any atom is 0.249 e. The van der Waals surface area contributed by atoms with Crippen molar-refractivity contribution < 1.29 is 9.63 Å². The van der Waals surface area contributed by atoms with Crippen molar-refractivity contribution in [3.63, 3.8) is 0 Å². The Morgan fingerprint density at radius 2 is 2.31 bits per heavy atom. The van der Waals surface area contributed by atoms with Crippen molar-refractivity contribution in [2.45, 2.75) is 19.3 Å². The summed E-state index contributed by atoms with van der Waals surface area (Å²) in [5.41, 5.74) is 2.29. The third kappa shape index (κ3) is 2.07. The minimum absolute atomic E-state index is 0.0500. The monoisotopic (exact) mass is 220 g/mol. The van der Waals surface area contributed by atoms with Gasteiger partial charge in [0.2, 0.25) is 5.91 Å². The van der Waals surface area contributed by atoms with Crippen molar-refractivity contribution in [2.75, 3.05) is 14.2 Å². The van der Waals surface area contributed by atoms with E-state index in [0.29, 0.717) is 5.92 Å². The van der Waals surface area contributed by atoms with E-state index in [2.05, 4.69) is 11.1 Å². The van der Waals surface area contributed by atoms with E-state index >= 15 is 0 Å². The second kappa shape index (κ2) is 4.22. The van der Waals surface area contributed by atoms with Gasteiger partial charge in [0, 0.05) is 25.4 Å². The van der Waals surface area contributed by atoms with Crippen molar-refractivity contribution in [3.8, 4) is 0 Å². The maximum absolute atomic E-state index is 11.8. The van der Waals surface area contributed by atoms with Crippen LogP contribution in [0.4, 0.5) is 0 Å². The van der Waals surface area contributed by atoms with Crippen molar-refractivity contribution in [1.29, 1.82) is 0 Å². The largest absolute Gasteiger partial charge is 0.275 e. The number of rotatable bonds is 3. The van der Waals surface area contributed by atoms with Crippen molar-refractivity contribution in [3.05, 3.63) is 29.6 Å². The second-order valence-corrected chi connectivity index (χ2v) is 4.26. The Morgan fingerprint density at radius 3 is 2.94 bits per heavy atom. The van der Waals surface area contributed by atoms with Gasteiger partial charge in [-0.2, -0.15) is 0 Å². The van der Waals surface area contributed by atoms with E-state index < -0.39 is 0 Å². The average Bonchev–Trinajstić information content (AvgIpc) is 3.07. The number of hydrogen-bond acceptors (Lipinski definition) is 3. The summed E-state index contributed by atoms with van der Waals surface area (Å²) in [5.74, 6) is 0.431. The molecule has 1 saturated carbocycles. The van der Waals surface area contributed by atoms with Gasteiger partial charge in [0.1, 0.15) is 0 Å². The Kier molecular flexibility index (Phi) is 2.92. The fourth-order valence-electron chi connectivity index (χ4n) is 1.94. The molecule has 1 fully saturated rings. The highest BCUT2D eigenvalue weighted by Gasteiger charge is 2.45. The zero-order valence-corrected chi connectivity index (χ0v) is 9.80. The first-order chi connectivity index (χ1) is 7.63. The highest BCUT2D eigenvalue weighted by molar-refractivity contribution is 5.81. The van der Waals surface area contributed by atoms with E-state index in [1.54, 1.807) is 7.05 Å². The highest BCUT2D eigenvalue weighted by Crippen LogP contribution is 2.48. The number of aromatic nitrogens is 1. The van der Waals surface area contributed by atoms with E-state index in [1.807, 2.05) is 19.3 Å². The molecule has 86 valence electrons. The minimum atomic E-state index is 0.0500. The van der Waals surface area contributed by atoms with Crippen LogP contribution in [0.3, 0.4) is 0 Å². The molecule has 1 aromatic heterocycles. The van der Waals surface area contributed by atoms with E-state index in [9.17, 15) is 4.79 Å². The molecule has 4 heteroatoms. The first-order valence-electron chi connectivity index (χ1n) is 5.36. The van der Waals surface area contributed by atoms with Gasteiger partial charge in [0.25, 0.3) is 0 Å². The summed E-state index contributed by atoms with van der Waals surface area (Å²) in [6.07, 6.45) is 4.57. The molecule has 1 amide bonds. The summed E-state index contributed by atoms with van der Waals surface area (Å²) in [6.45, 7) is 2.01. The molecular formula is C12H16N2O2. The van der Waals surface area contributed by atoms with Gasteiger partial charge in [0.15, 0.2) is 0 Å². The van der Waals surface area contributed by atoms with Crippen LogP contribution < -0.4 is 0 Å². The molecule has 4 nitrogen and oxygen atoms in total. The molecular weight excluding hydrogens is 204 g/mol. The molecule has 0 radical (unpaired) electrons. The number of carbonyl (C=O) groups is 1. The zero-order chi connectivity index (χ0) is 11.7. The fraction of sp³-hybridized carbons (Fsp3) is 0.500. The number of aryl methyl sites for hydroxylation is 1. The van der Waals surface area contributed by atoms with Gasteiger partial charge in [0.05, 0.1) is 7.11 Å². The average molecular weight is 220 g/mol. The number of hydroxylamine groups is 2. The van der Waals surface area contributed by atoms with Gasteiger partial charge in [-0.05, 0) is 30.4 Å². The lowest BCUT2D eigenvalue weighted by Crippen LogP contribution is -2.27. The summed E-state index contributed by atoms with van der Waals surface area (Å²) in [5, 5.41) is 1.30. The van der Waals surface area contributed by atoms with Crippen LogP contribution in [0.15, 0.2) is 18.5 Å². The van der Waals surface area contributed by atoms with Crippen molar-refractivity contribution in [2.24, 2.45) is 5.92 Å². The van der Waals surface area contributed by atoms with Crippen molar-refractivity contribution in [1.82, 2.24) is 10.0 Å². The quantitative estimate of drug-likeness (QED) is 0.725. The lowest BCUT2D eigenvalue weighted by Gasteiger charge is -2.13. The Hall–Kier alpha value is -1.42. The SMILES string of the molecule is CON(C)C(=O)C1CC1c1cncc(C)c1. The van der Waals surface area contributed by atoms with Crippen LogP contribution in [0.25, 0.3) is 0 Å². The lowest BCUT2D eigenvalue weighted by molar-refractivity contribution is -0.170. The first-order valence-corrected chi connectivity index (χ1v) is 5.36. The number of amides is 1. The molecule has 1 heterocycles. The fourth-order valence-corrected chi connectivity index (χ4v) is 1.94. The van der Waals surface area contributed by atoms with Crippen LogP contribution in [-0.2, 0) is 9.63 Å². The summed E-state index contributed by atoms with van der Waals surface area (Å²) in [7, 11) is 3.15. The van der Waals surface area contributed by atoms with E-state index in [4.69, 9.17) is 4.84 Å². The Morgan fingerprint density at radius 1 is 1.56 bits per heavy atom. The highest BCUT2D eigenvalue weighted by atomic mass is 16.7. The van der Waals surface area contributed by atoms with Gasteiger partial charge >= 0.3 is 0 Å². The third-order valence-electron chi connectivity index (χ3n) is 3.02. The predicted octanol–water partition coefficient (Wildman–Crippen LogP) is 1.51. The molecule has 1 aromatic rings. The second-order valence-electron chi connectivity index (χ2n) is 4.26. The Labute approximate surface area is 95.2 Å². The molecule has 0 N–H and O–H groups in total. The molecule has 0 aliphatic heterocycles. The van der Waals surface area contributed by atoms with Crippen LogP contribution in [0.1, 0.15) is 23.5 Å². The van der Waals surface area contributed by atoms with E-state index in [-0.39, 0.29) is 11.8 Å². The number of hydrogen-bond donors (Lipinski definition) is 0. The maximum atomic E-state index is 11.8. The van der Waals surface area contributed by atoms with Crippen molar-refractivity contribution >= 4 is 5.91 Å². The van der Waals surface area contributed by atoms with E-state index in [0.717, 1.165) is 17.5 Å². The molecule has 2 unspecified atom stereocenters. The number of nitrogens with zero attached hydrogens (tertiary/aromatic N) is 2. The smallest absolute Gasteiger partial charge is 0.249 e. The van der Waals surface area contributed by atoms with E-state index in [1.165, 1.54) is 12.2 Å². The molecule has 0 spiro atoms. The van der Waals surface area contributed by atoms with Crippen LogP contribution in [0.2, 0.25) is 0 Å². The number of carbonyl (C=O) groups excluding carboxylic acids is 1. The van der Waals surface area contributed by atoms with Gasteiger partial charge in [-0.1, -0.05) is 6.07 Å². The standard InChI is InChI=1S/C12H16N2O2/c1-8-4-9(7-13-6-8)10-5-11(10)12(15)14(2)16-3/h4,6-7,10-11H,5H2,1-3H3. The van der Waals surface area contributed by atoms with Crippen LogP contribution in [-0.4, -0.2) is 30.1 Å². The first kappa shape index (κ1) is 11.1. The van der Waals surface area contributed by atoms with Crippen LogP contribution in [0.5, 0.6) is 0 Å². The molecule has 1 aliphatic rings. The van der Waals surface area contributed by atoms with Gasteiger partial charge in [-0.3, -0.25) is 14.6 Å². The molecule has 2 rings (SSSR count). The summed E-state index contributed by atoms with van der Waals surface area (Å²) in [4.78, 5) is 20.8. The Bertz CT molecular complexity index is 406. The molecule has 1 aliphatic carbocycles. The Balaban J connectivity index is 2.04. The molecule has 0 bridgehead atoms. The van der Waals surface area contributed by atoms with Crippen LogP contribution >= 0.6 is 0 Å². The van der Waals surface area contributed by atoms with Gasteiger partial charge in [-0.25, -0.2) is 5.06 Å².